The second kappa shape index (κ2) is 4.36. The van der Waals surface area contributed by atoms with Crippen LogP contribution in [0.2, 0.25) is 0 Å². The molecule has 0 spiro atoms. The van der Waals surface area contributed by atoms with E-state index in [2.05, 4.69) is 31.2 Å². The van der Waals surface area contributed by atoms with Crippen LogP contribution in [0.5, 0.6) is 5.75 Å². The highest BCUT2D eigenvalue weighted by molar-refractivity contribution is 5.45. The van der Waals surface area contributed by atoms with E-state index < -0.39 is 0 Å². The lowest BCUT2D eigenvalue weighted by atomic mass is 9.65. The molecule has 1 aliphatic carbocycles. The van der Waals surface area contributed by atoms with Gasteiger partial charge in [-0.25, -0.2) is 0 Å². The Morgan fingerprint density at radius 1 is 1.24 bits per heavy atom. The predicted molar refractivity (Wildman–Crippen MR) is 70.5 cm³/mol. The van der Waals surface area contributed by atoms with Gasteiger partial charge in [0.1, 0.15) is 11.4 Å². The second-order valence-corrected chi connectivity index (χ2v) is 5.61. The molecule has 92 valence electrons. The van der Waals surface area contributed by atoms with E-state index in [0.29, 0.717) is 5.92 Å². The fourth-order valence-electron chi connectivity index (χ4n) is 3.45. The number of benzene rings is 1. The zero-order valence-electron chi connectivity index (χ0n) is 10.7. The van der Waals surface area contributed by atoms with Gasteiger partial charge in [0.2, 0.25) is 0 Å². The SMILES string of the molecule is CCCCCC[C@@]12CC[C@@H]1c1ccccc1O2. The molecular weight excluding hydrogens is 208 g/mol. The van der Waals surface area contributed by atoms with Crippen molar-refractivity contribution < 1.29 is 4.74 Å². The molecule has 17 heavy (non-hydrogen) atoms. The summed E-state index contributed by atoms with van der Waals surface area (Å²) in [6, 6.07) is 8.64. The number of hydrogen-bond acceptors (Lipinski definition) is 1. The molecule has 1 aromatic rings. The van der Waals surface area contributed by atoms with Gasteiger partial charge in [0.15, 0.2) is 0 Å². The second-order valence-electron chi connectivity index (χ2n) is 5.61. The summed E-state index contributed by atoms with van der Waals surface area (Å²) in [5.41, 5.74) is 1.66. The highest BCUT2D eigenvalue weighted by Crippen LogP contribution is 2.58. The molecule has 1 fully saturated rings. The Hall–Kier alpha value is -0.980. The molecule has 1 heteroatoms. The lowest BCUT2D eigenvalue weighted by Crippen LogP contribution is -2.46. The van der Waals surface area contributed by atoms with Crippen LogP contribution in [0, 0.1) is 0 Å². The monoisotopic (exact) mass is 230 g/mol. The van der Waals surface area contributed by atoms with Crippen molar-refractivity contribution in [2.24, 2.45) is 0 Å². The first kappa shape index (κ1) is 11.1. The summed E-state index contributed by atoms with van der Waals surface area (Å²) in [4.78, 5) is 0. The minimum absolute atomic E-state index is 0.192. The van der Waals surface area contributed by atoms with Crippen LogP contribution in [0.3, 0.4) is 0 Å². The largest absolute Gasteiger partial charge is 0.486 e. The average molecular weight is 230 g/mol. The molecule has 0 saturated heterocycles. The summed E-state index contributed by atoms with van der Waals surface area (Å²) in [7, 11) is 0. The van der Waals surface area contributed by atoms with Crippen molar-refractivity contribution in [3.8, 4) is 5.75 Å². The van der Waals surface area contributed by atoms with E-state index in [0.717, 1.165) is 5.75 Å². The van der Waals surface area contributed by atoms with Crippen molar-refractivity contribution in [2.75, 3.05) is 0 Å². The summed E-state index contributed by atoms with van der Waals surface area (Å²) in [5.74, 6) is 1.85. The van der Waals surface area contributed by atoms with Gasteiger partial charge >= 0.3 is 0 Å². The molecule has 3 rings (SSSR count). The summed E-state index contributed by atoms with van der Waals surface area (Å²) in [6.07, 6.45) is 9.23. The number of rotatable bonds is 5. The zero-order valence-corrected chi connectivity index (χ0v) is 10.7. The molecule has 0 aromatic heterocycles. The Bertz CT molecular complexity index is 398. The topological polar surface area (TPSA) is 9.23 Å². The Kier molecular flexibility index (Phi) is 2.85. The van der Waals surface area contributed by atoms with Gasteiger partial charge in [-0.3, -0.25) is 0 Å². The summed E-state index contributed by atoms with van der Waals surface area (Å²) in [6.45, 7) is 2.27. The molecule has 1 aromatic carbocycles. The molecule has 0 N–H and O–H groups in total. The Morgan fingerprint density at radius 2 is 2.12 bits per heavy atom. The van der Waals surface area contributed by atoms with E-state index >= 15 is 0 Å². The van der Waals surface area contributed by atoms with E-state index in [4.69, 9.17) is 4.74 Å². The molecule has 0 unspecified atom stereocenters. The molecule has 2 atom stereocenters. The summed E-state index contributed by atoms with van der Waals surface area (Å²) >= 11 is 0. The summed E-state index contributed by atoms with van der Waals surface area (Å²) < 4.78 is 6.27. The molecule has 1 nitrogen and oxygen atoms in total. The van der Waals surface area contributed by atoms with E-state index in [1.165, 1.54) is 50.5 Å². The minimum atomic E-state index is 0.192. The number of para-hydroxylation sites is 1. The number of unbranched alkanes of at least 4 members (excludes halogenated alkanes) is 3. The third-order valence-electron chi connectivity index (χ3n) is 4.55. The van der Waals surface area contributed by atoms with Crippen LogP contribution in [0.4, 0.5) is 0 Å². The van der Waals surface area contributed by atoms with Crippen molar-refractivity contribution in [3.05, 3.63) is 29.8 Å². The molecule has 1 aliphatic heterocycles. The molecule has 1 saturated carbocycles. The van der Waals surface area contributed by atoms with Crippen LogP contribution in [0.25, 0.3) is 0 Å². The fraction of sp³-hybridized carbons (Fsp3) is 0.625. The normalized spacial score (nSPS) is 29.1. The van der Waals surface area contributed by atoms with Crippen molar-refractivity contribution in [2.45, 2.75) is 63.4 Å². The van der Waals surface area contributed by atoms with Crippen LogP contribution < -0.4 is 4.74 Å². The third kappa shape index (κ3) is 1.76. The van der Waals surface area contributed by atoms with Gasteiger partial charge in [0, 0.05) is 11.5 Å². The fourth-order valence-corrected chi connectivity index (χ4v) is 3.45. The Morgan fingerprint density at radius 3 is 2.88 bits per heavy atom. The lowest BCUT2D eigenvalue weighted by Gasteiger charge is -2.43. The number of fused-ring (bicyclic) bond motifs is 3. The van der Waals surface area contributed by atoms with Crippen LogP contribution in [0.1, 0.15) is 63.4 Å². The number of hydrogen-bond donors (Lipinski definition) is 0. The quantitative estimate of drug-likeness (QED) is 0.668. The van der Waals surface area contributed by atoms with Gasteiger partial charge in [-0.15, -0.1) is 0 Å². The Balaban J connectivity index is 1.67. The van der Waals surface area contributed by atoms with Crippen LogP contribution in [-0.2, 0) is 0 Å². The molecule has 0 radical (unpaired) electrons. The zero-order chi connectivity index (χ0) is 11.7. The molecule has 1 heterocycles. The molecular formula is C16H22O. The van der Waals surface area contributed by atoms with Gasteiger partial charge in [-0.2, -0.15) is 0 Å². The highest BCUT2D eigenvalue weighted by atomic mass is 16.5. The first-order chi connectivity index (χ1) is 8.36. The lowest BCUT2D eigenvalue weighted by molar-refractivity contribution is -0.0147. The highest BCUT2D eigenvalue weighted by Gasteiger charge is 2.54. The van der Waals surface area contributed by atoms with Crippen LogP contribution in [-0.4, -0.2) is 5.60 Å². The maximum atomic E-state index is 6.27. The third-order valence-corrected chi connectivity index (χ3v) is 4.55. The first-order valence-corrected chi connectivity index (χ1v) is 7.14. The van der Waals surface area contributed by atoms with Crippen molar-refractivity contribution >= 4 is 0 Å². The molecule has 2 aliphatic rings. The summed E-state index contributed by atoms with van der Waals surface area (Å²) in [5, 5.41) is 0. The van der Waals surface area contributed by atoms with Gasteiger partial charge in [-0.05, 0) is 31.7 Å². The van der Waals surface area contributed by atoms with Crippen molar-refractivity contribution in [1.29, 1.82) is 0 Å². The smallest absolute Gasteiger partial charge is 0.123 e. The average Bonchev–Trinajstić information content (AvgIpc) is 2.54. The van der Waals surface area contributed by atoms with Gasteiger partial charge in [-0.1, -0.05) is 44.4 Å². The van der Waals surface area contributed by atoms with Crippen LogP contribution >= 0.6 is 0 Å². The molecule has 0 bridgehead atoms. The van der Waals surface area contributed by atoms with Crippen LogP contribution in [0.15, 0.2) is 24.3 Å². The van der Waals surface area contributed by atoms with E-state index in [-0.39, 0.29) is 5.60 Å². The van der Waals surface area contributed by atoms with Gasteiger partial charge in [0.05, 0.1) is 0 Å². The predicted octanol–water partition coefficient (Wildman–Crippen LogP) is 4.67. The first-order valence-electron chi connectivity index (χ1n) is 7.14. The van der Waals surface area contributed by atoms with E-state index in [1.807, 2.05) is 0 Å². The van der Waals surface area contributed by atoms with E-state index in [9.17, 15) is 0 Å². The maximum Gasteiger partial charge on any atom is 0.123 e. The van der Waals surface area contributed by atoms with Gasteiger partial charge in [0.25, 0.3) is 0 Å². The van der Waals surface area contributed by atoms with Crippen molar-refractivity contribution in [1.82, 2.24) is 0 Å². The van der Waals surface area contributed by atoms with E-state index in [1.54, 1.807) is 0 Å². The van der Waals surface area contributed by atoms with Crippen molar-refractivity contribution in [3.63, 3.8) is 0 Å². The van der Waals surface area contributed by atoms with Gasteiger partial charge < -0.3 is 4.74 Å². The standard InChI is InChI=1S/C16H22O/c1-2-3-4-7-11-16-12-10-14(16)13-8-5-6-9-15(13)17-16/h5-6,8-9,14H,2-4,7,10-12H2,1H3/t14-,16-/m1/s1. The molecule has 0 amide bonds. The Labute approximate surface area is 104 Å². The number of ether oxygens (including phenoxy) is 1. The maximum absolute atomic E-state index is 6.27. The minimum Gasteiger partial charge on any atom is -0.486 e.